The van der Waals surface area contributed by atoms with Crippen LogP contribution in [-0.2, 0) is 0 Å². The zero-order chi connectivity index (χ0) is 53.2. The van der Waals surface area contributed by atoms with Crippen LogP contribution in [0.5, 0.6) is 0 Å². The molecule has 0 N–H and O–H groups in total. The van der Waals surface area contributed by atoms with Gasteiger partial charge < -0.3 is 0 Å². The van der Waals surface area contributed by atoms with E-state index in [0.29, 0.717) is 0 Å². The summed E-state index contributed by atoms with van der Waals surface area (Å²) >= 11 is 0. The van der Waals surface area contributed by atoms with Crippen molar-refractivity contribution in [3.8, 4) is 11.1 Å². The Hall–Kier alpha value is -4.68. The molecule has 0 saturated carbocycles. The van der Waals surface area contributed by atoms with Crippen LogP contribution in [0.2, 0.25) is 0 Å². The van der Waals surface area contributed by atoms with Crippen molar-refractivity contribution in [3.05, 3.63) is 206 Å². The SMILES string of the molecule is CC.CC.CC.CC.CC.CC.CC.CC.CC.CC.CC.CC.CC.CC.c1ccc(-c2ccccc2)cc1.c1ccccc1.c1ccccc1.c1ccccc1.c1ccccc1. The van der Waals surface area contributed by atoms with Gasteiger partial charge in [-0.25, -0.2) is 0 Å². The van der Waals surface area contributed by atoms with Crippen molar-refractivity contribution in [1.29, 1.82) is 0 Å². The Kier molecular flexibility index (Phi) is 226. The Morgan fingerprint density at radius 2 is 0.172 bits per heavy atom. The standard InChI is InChI=1S/C12H10.4C6H6.14C2H6/c1-3-7-11(8-4-1)12-9-5-2-6-10-12;4*1-2-4-6-5-3-1;14*1-2/h1-10H;4*1-6H;14*1-2H3. The summed E-state index contributed by atoms with van der Waals surface area (Å²) < 4.78 is 0. The molecule has 0 fully saturated rings. The van der Waals surface area contributed by atoms with Crippen molar-refractivity contribution >= 4 is 0 Å². The van der Waals surface area contributed by atoms with Crippen LogP contribution in [0.4, 0.5) is 0 Å². The zero-order valence-electron chi connectivity index (χ0n) is 48.6. The van der Waals surface area contributed by atoms with E-state index in [2.05, 4.69) is 48.5 Å². The lowest BCUT2D eigenvalue weighted by Crippen LogP contribution is -1.73. The second kappa shape index (κ2) is 154. The van der Waals surface area contributed by atoms with Crippen LogP contribution in [0.3, 0.4) is 0 Å². The lowest BCUT2D eigenvalue weighted by Gasteiger charge is -1.98. The first-order valence-corrected chi connectivity index (χ1v) is 26.1. The molecule has 6 rings (SSSR count). The van der Waals surface area contributed by atoms with Crippen molar-refractivity contribution in [2.75, 3.05) is 0 Å². The van der Waals surface area contributed by atoms with Gasteiger partial charge in [0.1, 0.15) is 0 Å². The largest absolute Gasteiger partial charge is 0.0683 e. The smallest absolute Gasteiger partial charge is 0.0184 e. The molecule has 0 radical (unpaired) electrons. The van der Waals surface area contributed by atoms with Gasteiger partial charge in [-0.3, -0.25) is 0 Å². The van der Waals surface area contributed by atoms with Crippen LogP contribution < -0.4 is 0 Å². The van der Waals surface area contributed by atoms with E-state index in [4.69, 9.17) is 0 Å². The Morgan fingerprint density at radius 3 is 0.250 bits per heavy atom. The Morgan fingerprint density at radius 1 is 0.109 bits per heavy atom. The highest BCUT2D eigenvalue weighted by molar-refractivity contribution is 5.62. The number of rotatable bonds is 1. The number of benzene rings is 6. The van der Waals surface area contributed by atoms with E-state index in [-0.39, 0.29) is 0 Å². The lowest BCUT2D eigenvalue weighted by atomic mass is 10.1. The van der Waals surface area contributed by atoms with Gasteiger partial charge >= 0.3 is 0 Å². The molecule has 0 spiro atoms. The quantitative estimate of drug-likeness (QED) is 0.154. The van der Waals surface area contributed by atoms with E-state index in [9.17, 15) is 0 Å². The van der Waals surface area contributed by atoms with Crippen molar-refractivity contribution in [1.82, 2.24) is 0 Å². The molecule has 0 heteroatoms. The van der Waals surface area contributed by atoms with Crippen LogP contribution in [0, 0.1) is 0 Å². The first-order chi connectivity index (χ1) is 32.0. The highest BCUT2D eigenvalue weighted by atomic mass is 14.0. The highest BCUT2D eigenvalue weighted by Gasteiger charge is 1.91. The average Bonchev–Trinajstić information content (AvgIpc) is 3.49. The van der Waals surface area contributed by atoms with Gasteiger partial charge in [-0.1, -0.05) is 400 Å². The summed E-state index contributed by atoms with van der Waals surface area (Å²) in [7, 11) is 0. The first kappa shape index (κ1) is 94.0. The second-order valence-electron chi connectivity index (χ2n) is 7.35. The highest BCUT2D eigenvalue weighted by Crippen LogP contribution is 2.17. The van der Waals surface area contributed by atoms with Crippen LogP contribution in [0.15, 0.2) is 206 Å². The molecule has 0 nitrogen and oxygen atoms in total. The van der Waals surface area contributed by atoms with Crippen LogP contribution in [0.25, 0.3) is 11.1 Å². The number of hydrogen-bond donors (Lipinski definition) is 0. The summed E-state index contributed by atoms with van der Waals surface area (Å²) in [6.45, 7) is 56.0. The van der Waals surface area contributed by atoms with E-state index < -0.39 is 0 Å². The summed E-state index contributed by atoms with van der Waals surface area (Å²) in [5, 5.41) is 0. The zero-order valence-corrected chi connectivity index (χ0v) is 48.6. The molecule has 0 heterocycles. The monoisotopic (exact) mass is 887 g/mol. The lowest BCUT2D eigenvalue weighted by molar-refractivity contribution is 1.50. The molecule has 64 heavy (non-hydrogen) atoms. The summed E-state index contributed by atoms with van der Waals surface area (Å²) in [5.41, 5.74) is 2.55. The fourth-order valence-electron chi connectivity index (χ4n) is 2.80. The van der Waals surface area contributed by atoms with Gasteiger partial charge in [0, 0.05) is 0 Å². The molecule has 6 aromatic carbocycles. The van der Waals surface area contributed by atoms with Crippen LogP contribution in [0.1, 0.15) is 194 Å². The van der Waals surface area contributed by atoms with Gasteiger partial charge in [0.2, 0.25) is 0 Å². The summed E-state index contributed by atoms with van der Waals surface area (Å²) in [6.07, 6.45) is 0. The van der Waals surface area contributed by atoms with Crippen molar-refractivity contribution in [2.45, 2.75) is 194 Å². The fraction of sp³-hybridized carbons (Fsp3) is 0.438. The molecule has 0 aliphatic rings. The van der Waals surface area contributed by atoms with Gasteiger partial charge in [0.15, 0.2) is 0 Å². The minimum absolute atomic E-state index is 1.28. The second-order valence-corrected chi connectivity index (χ2v) is 7.35. The van der Waals surface area contributed by atoms with Gasteiger partial charge in [0.05, 0.1) is 0 Å². The van der Waals surface area contributed by atoms with E-state index in [1.54, 1.807) is 0 Å². The van der Waals surface area contributed by atoms with Crippen molar-refractivity contribution in [3.63, 3.8) is 0 Å². The molecular weight excluding hydrogens is 769 g/mol. The predicted octanol–water partition coefficient (Wildman–Crippen LogP) is 24.5. The van der Waals surface area contributed by atoms with E-state index in [1.807, 2.05) is 352 Å². The number of hydrogen-bond acceptors (Lipinski definition) is 0. The molecule has 0 unspecified atom stereocenters. The summed E-state index contributed by atoms with van der Waals surface area (Å²) in [6, 6.07) is 68.8. The molecule has 0 bridgehead atoms. The molecule has 0 aromatic heterocycles. The Labute approximate surface area is 409 Å². The molecular formula is C64H118. The average molecular weight is 888 g/mol. The van der Waals surface area contributed by atoms with Crippen LogP contribution >= 0.6 is 0 Å². The van der Waals surface area contributed by atoms with E-state index >= 15 is 0 Å². The van der Waals surface area contributed by atoms with E-state index in [0.717, 1.165) is 0 Å². The molecule has 0 saturated heterocycles. The minimum Gasteiger partial charge on any atom is -0.0683 e. The van der Waals surface area contributed by atoms with E-state index in [1.165, 1.54) is 11.1 Å². The van der Waals surface area contributed by atoms with Gasteiger partial charge in [0.25, 0.3) is 0 Å². The maximum atomic E-state index is 2.12. The normalized spacial score (nSPS) is 6.12. The minimum atomic E-state index is 1.28. The summed E-state index contributed by atoms with van der Waals surface area (Å²) in [4.78, 5) is 0. The predicted molar refractivity (Wildman–Crippen MR) is 317 cm³/mol. The molecule has 6 aromatic rings. The molecule has 374 valence electrons. The summed E-state index contributed by atoms with van der Waals surface area (Å²) in [5.74, 6) is 0. The third-order valence-corrected chi connectivity index (χ3v) is 4.55. The molecule has 0 atom stereocenters. The Bertz CT molecular complexity index is 903. The van der Waals surface area contributed by atoms with Crippen molar-refractivity contribution < 1.29 is 0 Å². The third kappa shape index (κ3) is 118. The molecule has 0 aliphatic heterocycles. The maximum absolute atomic E-state index is 2.12. The topological polar surface area (TPSA) is 0 Å². The first-order valence-electron chi connectivity index (χ1n) is 26.1. The Balaban J connectivity index is -0.0000000412. The van der Waals surface area contributed by atoms with Gasteiger partial charge in [-0.2, -0.15) is 0 Å². The third-order valence-electron chi connectivity index (χ3n) is 4.55. The fourth-order valence-corrected chi connectivity index (χ4v) is 2.80. The maximum Gasteiger partial charge on any atom is -0.0184 e. The molecule has 0 amide bonds. The van der Waals surface area contributed by atoms with Crippen molar-refractivity contribution in [2.24, 2.45) is 0 Å². The molecule has 0 aliphatic carbocycles. The van der Waals surface area contributed by atoms with Gasteiger partial charge in [-0.15, -0.1) is 0 Å². The van der Waals surface area contributed by atoms with Gasteiger partial charge in [-0.05, 0) is 11.1 Å². The van der Waals surface area contributed by atoms with Crippen LogP contribution in [-0.4, -0.2) is 0 Å².